The molecule has 3 unspecified atom stereocenters. The average Bonchev–Trinajstić information content (AvgIpc) is 3.42. The van der Waals surface area contributed by atoms with Gasteiger partial charge in [0.2, 0.25) is 11.8 Å². The fourth-order valence-corrected chi connectivity index (χ4v) is 3.39. The Labute approximate surface area is 158 Å². The van der Waals surface area contributed by atoms with Crippen LogP contribution in [0.1, 0.15) is 29.5 Å². The predicted octanol–water partition coefficient (Wildman–Crippen LogP) is 3.43. The van der Waals surface area contributed by atoms with E-state index in [4.69, 9.17) is 0 Å². The molecule has 1 aliphatic carbocycles. The van der Waals surface area contributed by atoms with Gasteiger partial charge in [0.1, 0.15) is 6.04 Å². The van der Waals surface area contributed by atoms with Crippen LogP contribution >= 0.6 is 15.9 Å². The molecule has 0 spiro atoms. The van der Waals surface area contributed by atoms with E-state index in [1.165, 1.54) is 13.1 Å². The molecule has 26 heavy (non-hydrogen) atoms. The lowest BCUT2D eigenvalue weighted by atomic mass is 10.0. The summed E-state index contributed by atoms with van der Waals surface area (Å²) in [5, 5.41) is 5.09. The lowest BCUT2D eigenvalue weighted by Crippen LogP contribution is -2.40. The topological polar surface area (TPSA) is 58.2 Å². The van der Waals surface area contributed by atoms with Gasteiger partial charge in [-0.1, -0.05) is 34.1 Å². The Kier molecular flexibility index (Phi) is 5.36. The molecule has 1 saturated carbocycles. The summed E-state index contributed by atoms with van der Waals surface area (Å²) in [6, 6.07) is 9.80. The highest BCUT2D eigenvalue weighted by Crippen LogP contribution is 2.48. The van der Waals surface area contributed by atoms with Crippen LogP contribution in [0.5, 0.6) is 0 Å². The number of hydrogen-bond donors (Lipinski definition) is 2. The van der Waals surface area contributed by atoms with E-state index in [1.54, 1.807) is 0 Å². The molecular formula is C19H17BrF2N2O2. The number of carbonyl (C=O) groups is 2. The summed E-state index contributed by atoms with van der Waals surface area (Å²) >= 11 is 3.41. The molecule has 3 atom stereocenters. The Bertz CT molecular complexity index is 859. The van der Waals surface area contributed by atoms with E-state index >= 15 is 0 Å². The molecule has 0 aromatic heterocycles. The van der Waals surface area contributed by atoms with Crippen LogP contribution < -0.4 is 10.6 Å². The second-order valence-electron chi connectivity index (χ2n) is 6.23. The summed E-state index contributed by atoms with van der Waals surface area (Å²) < 4.78 is 27.6. The molecule has 2 N–H and O–H groups in total. The Balaban J connectivity index is 1.74. The number of halogens is 3. The van der Waals surface area contributed by atoms with Crippen molar-refractivity contribution in [2.24, 2.45) is 5.92 Å². The maximum Gasteiger partial charge on any atom is 0.246 e. The first-order valence-corrected chi connectivity index (χ1v) is 8.92. The van der Waals surface area contributed by atoms with Crippen LogP contribution in [0.4, 0.5) is 8.78 Å². The smallest absolute Gasteiger partial charge is 0.246 e. The van der Waals surface area contributed by atoms with Crippen LogP contribution in [-0.4, -0.2) is 18.9 Å². The number of rotatable bonds is 5. The van der Waals surface area contributed by atoms with Crippen molar-refractivity contribution >= 4 is 27.7 Å². The first-order chi connectivity index (χ1) is 12.4. The monoisotopic (exact) mass is 422 g/mol. The van der Waals surface area contributed by atoms with Crippen molar-refractivity contribution in [1.82, 2.24) is 10.6 Å². The maximum atomic E-state index is 13.5. The van der Waals surface area contributed by atoms with Gasteiger partial charge < -0.3 is 10.6 Å². The third kappa shape index (κ3) is 3.93. The molecule has 136 valence electrons. The highest BCUT2D eigenvalue weighted by molar-refractivity contribution is 9.10. The van der Waals surface area contributed by atoms with Crippen LogP contribution in [0.3, 0.4) is 0 Å². The molecule has 1 fully saturated rings. The lowest BCUT2D eigenvalue weighted by molar-refractivity contribution is -0.129. The minimum absolute atomic E-state index is 0.0859. The van der Waals surface area contributed by atoms with Gasteiger partial charge in [-0.25, -0.2) is 8.78 Å². The van der Waals surface area contributed by atoms with Gasteiger partial charge in [-0.2, -0.15) is 0 Å². The van der Waals surface area contributed by atoms with E-state index in [-0.39, 0.29) is 23.3 Å². The Morgan fingerprint density at radius 1 is 1.15 bits per heavy atom. The molecule has 2 aromatic rings. The van der Waals surface area contributed by atoms with Crippen LogP contribution in [0.15, 0.2) is 46.9 Å². The normalized spacial score (nSPS) is 19.5. The van der Waals surface area contributed by atoms with Crippen molar-refractivity contribution in [3.63, 3.8) is 0 Å². The van der Waals surface area contributed by atoms with Gasteiger partial charge in [0.15, 0.2) is 11.6 Å². The number of hydrogen-bond acceptors (Lipinski definition) is 2. The molecule has 0 aliphatic heterocycles. The zero-order chi connectivity index (χ0) is 18.8. The van der Waals surface area contributed by atoms with E-state index in [9.17, 15) is 18.4 Å². The molecule has 0 bridgehead atoms. The highest BCUT2D eigenvalue weighted by atomic mass is 79.9. The van der Waals surface area contributed by atoms with Gasteiger partial charge in [-0.3, -0.25) is 9.59 Å². The molecule has 1 aliphatic rings. The summed E-state index contributed by atoms with van der Waals surface area (Å²) in [5.41, 5.74) is 1.24. The molecule has 0 radical (unpaired) electrons. The zero-order valence-electron chi connectivity index (χ0n) is 13.9. The highest BCUT2D eigenvalue weighted by Gasteiger charge is 2.45. The van der Waals surface area contributed by atoms with E-state index in [0.717, 1.165) is 22.2 Å². The zero-order valence-corrected chi connectivity index (χ0v) is 15.5. The third-order valence-corrected chi connectivity index (χ3v) is 4.97. The summed E-state index contributed by atoms with van der Waals surface area (Å²) in [6.07, 6.45) is 0.681. The van der Waals surface area contributed by atoms with Gasteiger partial charge in [0, 0.05) is 17.4 Å². The Morgan fingerprint density at radius 3 is 2.58 bits per heavy atom. The fourth-order valence-electron chi connectivity index (χ4n) is 2.98. The van der Waals surface area contributed by atoms with Crippen molar-refractivity contribution in [2.45, 2.75) is 18.4 Å². The summed E-state index contributed by atoms with van der Waals surface area (Å²) in [4.78, 5) is 24.7. The summed E-state index contributed by atoms with van der Waals surface area (Å²) in [5.74, 6) is -3.02. The van der Waals surface area contributed by atoms with Crippen LogP contribution in [-0.2, 0) is 9.59 Å². The first kappa shape index (κ1) is 18.5. The molecule has 0 saturated heterocycles. The Hall–Kier alpha value is -2.28. The summed E-state index contributed by atoms with van der Waals surface area (Å²) in [6.45, 7) is 0. The van der Waals surface area contributed by atoms with Gasteiger partial charge in [0.05, 0.1) is 0 Å². The standard InChI is InChI=1S/C19H17BrF2N2O2/c1-23-19(26)17(11-5-6-15(21)16(22)8-11)24-18(25)14-9-13(14)10-3-2-4-12(20)7-10/h2-8,13-14,17H,9H2,1H3,(H,23,26)(H,24,25). The van der Waals surface area contributed by atoms with E-state index in [1.807, 2.05) is 24.3 Å². The fraction of sp³-hybridized carbons (Fsp3) is 0.263. The van der Waals surface area contributed by atoms with Crippen molar-refractivity contribution in [2.75, 3.05) is 7.05 Å². The van der Waals surface area contributed by atoms with Crippen LogP contribution in [0.25, 0.3) is 0 Å². The van der Waals surface area contributed by atoms with Gasteiger partial charge in [0.25, 0.3) is 0 Å². The molecule has 3 rings (SSSR count). The minimum atomic E-state index is -1.08. The number of nitrogens with one attached hydrogen (secondary N) is 2. The molecule has 2 aromatic carbocycles. The molecular weight excluding hydrogens is 406 g/mol. The number of amides is 2. The molecule has 4 nitrogen and oxygen atoms in total. The van der Waals surface area contributed by atoms with Gasteiger partial charge in [-0.15, -0.1) is 0 Å². The molecule has 7 heteroatoms. The lowest BCUT2D eigenvalue weighted by Gasteiger charge is -2.18. The quantitative estimate of drug-likeness (QED) is 0.775. The van der Waals surface area contributed by atoms with Crippen molar-refractivity contribution < 1.29 is 18.4 Å². The third-order valence-electron chi connectivity index (χ3n) is 4.48. The van der Waals surface area contributed by atoms with Crippen molar-refractivity contribution in [3.8, 4) is 0 Å². The number of carbonyl (C=O) groups excluding carboxylic acids is 2. The second kappa shape index (κ2) is 7.53. The van der Waals surface area contributed by atoms with E-state index in [0.29, 0.717) is 6.42 Å². The van der Waals surface area contributed by atoms with E-state index < -0.39 is 23.6 Å². The Morgan fingerprint density at radius 2 is 1.92 bits per heavy atom. The van der Waals surface area contributed by atoms with Crippen LogP contribution in [0.2, 0.25) is 0 Å². The van der Waals surface area contributed by atoms with Crippen molar-refractivity contribution in [1.29, 1.82) is 0 Å². The van der Waals surface area contributed by atoms with Gasteiger partial charge in [-0.05, 0) is 47.7 Å². The van der Waals surface area contributed by atoms with Gasteiger partial charge >= 0.3 is 0 Å². The number of benzene rings is 2. The molecule has 2 amide bonds. The van der Waals surface area contributed by atoms with Crippen LogP contribution in [0, 0.1) is 17.6 Å². The molecule has 0 heterocycles. The maximum absolute atomic E-state index is 13.5. The van der Waals surface area contributed by atoms with Crippen molar-refractivity contribution in [3.05, 3.63) is 69.7 Å². The minimum Gasteiger partial charge on any atom is -0.357 e. The second-order valence-corrected chi connectivity index (χ2v) is 7.15. The predicted molar refractivity (Wildman–Crippen MR) is 96.3 cm³/mol. The number of likely N-dealkylation sites (N-methyl/N-ethyl adjacent to an activating group) is 1. The average molecular weight is 423 g/mol. The van der Waals surface area contributed by atoms with E-state index in [2.05, 4.69) is 26.6 Å². The SMILES string of the molecule is CNC(=O)C(NC(=O)C1CC1c1cccc(Br)c1)c1ccc(F)c(F)c1. The first-order valence-electron chi connectivity index (χ1n) is 8.13. The largest absolute Gasteiger partial charge is 0.357 e. The summed E-state index contributed by atoms with van der Waals surface area (Å²) in [7, 11) is 1.42.